The van der Waals surface area contributed by atoms with Gasteiger partial charge in [-0.2, -0.15) is 0 Å². The molecule has 25 heavy (non-hydrogen) atoms. The molecule has 0 unspecified atom stereocenters. The highest BCUT2D eigenvalue weighted by Gasteiger charge is 2.12. The molecule has 7 nitrogen and oxygen atoms in total. The lowest BCUT2D eigenvalue weighted by atomic mass is 10.2. The fraction of sp³-hybridized carbons (Fsp3) is 0.389. The summed E-state index contributed by atoms with van der Waals surface area (Å²) >= 11 is 0. The van der Waals surface area contributed by atoms with Gasteiger partial charge in [0.1, 0.15) is 5.69 Å². The van der Waals surface area contributed by atoms with Crippen molar-refractivity contribution < 1.29 is 9.53 Å². The molecule has 7 heteroatoms. The molecular formula is C18H23N5O2. The van der Waals surface area contributed by atoms with E-state index in [2.05, 4.69) is 25.5 Å². The van der Waals surface area contributed by atoms with Gasteiger partial charge in [-0.1, -0.05) is 18.2 Å². The first kappa shape index (κ1) is 17.3. The van der Waals surface area contributed by atoms with Crippen LogP contribution in [0.4, 0.5) is 11.6 Å². The molecule has 132 valence electrons. The number of ether oxygens (including phenoxy) is 1. The third-order valence-electron chi connectivity index (χ3n) is 4.10. The summed E-state index contributed by atoms with van der Waals surface area (Å²) in [7, 11) is 0. The molecule has 0 radical (unpaired) electrons. The van der Waals surface area contributed by atoms with Crippen LogP contribution in [-0.2, 0) is 4.74 Å². The smallest absolute Gasteiger partial charge is 0.270 e. The summed E-state index contributed by atoms with van der Waals surface area (Å²) in [6.45, 7) is 6.74. The molecule has 3 rings (SSSR count). The number of aromatic nitrogens is 2. The monoisotopic (exact) mass is 341 g/mol. The molecule has 0 saturated carbocycles. The lowest BCUT2D eigenvalue weighted by Gasteiger charge is -2.26. The van der Waals surface area contributed by atoms with Crippen molar-refractivity contribution in [3.8, 4) is 0 Å². The summed E-state index contributed by atoms with van der Waals surface area (Å²) in [4.78, 5) is 23.1. The summed E-state index contributed by atoms with van der Waals surface area (Å²) in [5, 5.41) is 6.06. The van der Waals surface area contributed by atoms with Crippen molar-refractivity contribution in [3.63, 3.8) is 0 Å². The Hall–Kier alpha value is -2.51. The van der Waals surface area contributed by atoms with E-state index >= 15 is 0 Å². The minimum absolute atomic E-state index is 0.191. The lowest BCUT2D eigenvalue weighted by Crippen LogP contribution is -2.41. The van der Waals surface area contributed by atoms with Crippen LogP contribution >= 0.6 is 0 Å². The minimum Gasteiger partial charge on any atom is -0.379 e. The highest BCUT2D eigenvalue weighted by atomic mass is 16.5. The highest BCUT2D eigenvalue weighted by molar-refractivity contribution is 5.92. The van der Waals surface area contributed by atoms with Gasteiger partial charge in [0, 0.05) is 38.1 Å². The number of anilines is 2. The normalized spacial score (nSPS) is 14.9. The maximum absolute atomic E-state index is 12.3. The number of amides is 1. The number of para-hydroxylation sites is 1. The summed E-state index contributed by atoms with van der Waals surface area (Å²) in [6, 6.07) is 9.49. The van der Waals surface area contributed by atoms with E-state index in [9.17, 15) is 4.79 Å². The molecule has 2 heterocycles. The number of carbonyl (C=O) groups is 1. The number of morpholine rings is 1. The zero-order chi connectivity index (χ0) is 17.5. The Morgan fingerprint density at radius 2 is 2.04 bits per heavy atom. The molecule has 1 fully saturated rings. The van der Waals surface area contributed by atoms with Gasteiger partial charge in [0.2, 0.25) is 5.95 Å². The first-order chi connectivity index (χ1) is 12.2. The Morgan fingerprint density at radius 3 is 2.84 bits per heavy atom. The van der Waals surface area contributed by atoms with E-state index in [1.54, 1.807) is 12.3 Å². The quantitative estimate of drug-likeness (QED) is 0.831. The molecule has 1 amide bonds. The molecule has 2 N–H and O–H groups in total. The van der Waals surface area contributed by atoms with E-state index in [4.69, 9.17) is 4.74 Å². The van der Waals surface area contributed by atoms with Crippen molar-refractivity contribution in [2.24, 2.45) is 0 Å². The molecular weight excluding hydrogens is 318 g/mol. The van der Waals surface area contributed by atoms with Crippen molar-refractivity contribution in [2.75, 3.05) is 44.7 Å². The zero-order valence-corrected chi connectivity index (χ0v) is 14.4. The van der Waals surface area contributed by atoms with E-state index in [0.29, 0.717) is 18.2 Å². The highest BCUT2D eigenvalue weighted by Crippen LogP contribution is 2.17. The van der Waals surface area contributed by atoms with Gasteiger partial charge < -0.3 is 15.4 Å². The van der Waals surface area contributed by atoms with Crippen LogP contribution in [-0.4, -0.2) is 60.2 Å². The molecule has 0 spiro atoms. The van der Waals surface area contributed by atoms with Gasteiger partial charge in [0.15, 0.2) is 0 Å². The summed E-state index contributed by atoms with van der Waals surface area (Å²) in [5.74, 6) is 0.221. The van der Waals surface area contributed by atoms with Gasteiger partial charge in [-0.15, -0.1) is 0 Å². The predicted molar refractivity (Wildman–Crippen MR) is 96.1 cm³/mol. The second-order valence-corrected chi connectivity index (χ2v) is 5.92. The number of hydrogen-bond donors (Lipinski definition) is 2. The van der Waals surface area contributed by atoms with Crippen LogP contribution in [0.1, 0.15) is 16.1 Å². The molecule has 1 aromatic carbocycles. The van der Waals surface area contributed by atoms with Crippen LogP contribution < -0.4 is 10.6 Å². The van der Waals surface area contributed by atoms with Gasteiger partial charge in [-0.25, -0.2) is 9.97 Å². The van der Waals surface area contributed by atoms with Gasteiger partial charge in [0.25, 0.3) is 5.91 Å². The molecule has 2 aromatic rings. The van der Waals surface area contributed by atoms with E-state index in [-0.39, 0.29) is 5.91 Å². The van der Waals surface area contributed by atoms with Crippen LogP contribution in [0.2, 0.25) is 0 Å². The number of hydrogen-bond acceptors (Lipinski definition) is 6. The zero-order valence-electron chi connectivity index (χ0n) is 14.4. The first-order valence-electron chi connectivity index (χ1n) is 8.46. The van der Waals surface area contributed by atoms with Crippen molar-refractivity contribution in [2.45, 2.75) is 6.92 Å². The van der Waals surface area contributed by atoms with Crippen LogP contribution in [0.3, 0.4) is 0 Å². The minimum atomic E-state index is -0.191. The molecule has 1 aliphatic rings. The van der Waals surface area contributed by atoms with Gasteiger partial charge in [0.05, 0.1) is 13.2 Å². The van der Waals surface area contributed by atoms with Gasteiger partial charge >= 0.3 is 0 Å². The van der Waals surface area contributed by atoms with Crippen molar-refractivity contribution in [3.05, 3.63) is 47.8 Å². The van der Waals surface area contributed by atoms with Crippen molar-refractivity contribution in [1.82, 2.24) is 20.2 Å². The summed E-state index contributed by atoms with van der Waals surface area (Å²) in [5.41, 5.74) is 2.37. The number of nitrogens with zero attached hydrogens (tertiary/aromatic N) is 3. The Bertz CT molecular complexity index is 716. The van der Waals surface area contributed by atoms with Crippen LogP contribution in [0.15, 0.2) is 36.5 Å². The Morgan fingerprint density at radius 1 is 1.24 bits per heavy atom. The molecule has 0 atom stereocenters. The summed E-state index contributed by atoms with van der Waals surface area (Å²) in [6.07, 6.45) is 1.59. The second-order valence-electron chi connectivity index (χ2n) is 5.92. The Labute approximate surface area is 147 Å². The van der Waals surface area contributed by atoms with Crippen LogP contribution in [0.25, 0.3) is 0 Å². The third-order valence-corrected chi connectivity index (χ3v) is 4.10. The third kappa shape index (κ3) is 4.98. The second kappa shape index (κ2) is 8.55. The topological polar surface area (TPSA) is 79.4 Å². The number of aryl methyl sites for hydroxylation is 1. The van der Waals surface area contributed by atoms with Crippen LogP contribution in [0, 0.1) is 6.92 Å². The molecule has 1 saturated heterocycles. The average Bonchev–Trinajstić information content (AvgIpc) is 2.65. The lowest BCUT2D eigenvalue weighted by molar-refractivity contribution is 0.0383. The van der Waals surface area contributed by atoms with E-state index in [1.807, 2.05) is 31.2 Å². The predicted octanol–water partition coefficient (Wildman–Crippen LogP) is 1.59. The molecule has 1 aliphatic heterocycles. The summed E-state index contributed by atoms with van der Waals surface area (Å²) < 4.78 is 5.31. The molecule has 0 aliphatic carbocycles. The Kier molecular flexibility index (Phi) is 5.92. The van der Waals surface area contributed by atoms with Gasteiger partial charge in [-0.3, -0.25) is 9.69 Å². The van der Waals surface area contributed by atoms with Crippen LogP contribution in [0.5, 0.6) is 0 Å². The average molecular weight is 341 g/mol. The number of nitrogens with one attached hydrogen (secondary N) is 2. The number of benzene rings is 1. The van der Waals surface area contributed by atoms with Crippen molar-refractivity contribution in [1.29, 1.82) is 0 Å². The Balaban J connectivity index is 1.55. The molecule has 0 bridgehead atoms. The largest absolute Gasteiger partial charge is 0.379 e. The van der Waals surface area contributed by atoms with E-state index in [0.717, 1.165) is 44.1 Å². The number of rotatable bonds is 6. The maximum atomic E-state index is 12.3. The first-order valence-corrected chi connectivity index (χ1v) is 8.46. The SMILES string of the molecule is Cc1ccccc1Nc1nccc(C(=O)NCCN2CCOCC2)n1. The van der Waals surface area contributed by atoms with E-state index in [1.165, 1.54) is 0 Å². The van der Waals surface area contributed by atoms with Gasteiger partial charge in [-0.05, 0) is 24.6 Å². The standard InChI is InChI=1S/C18H23N5O2/c1-14-4-2-3-5-15(14)21-18-20-7-6-16(22-18)17(24)19-8-9-23-10-12-25-13-11-23/h2-7H,8-13H2,1H3,(H,19,24)(H,20,21,22). The fourth-order valence-corrected chi connectivity index (χ4v) is 2.62. The van der Waals surface area contributed by atoms with Crippen molar-refractivity contribution >= 4 is 17.5 Å². The number of carbonyl (C=O) groups excluding carboxylic acids is 1. The maximum Gasteiger partial charge on any atom is 0.270 e. The molecule has 1 aromatic heterocycles. The fourth-order valence-electron chi connectivity index (χ4n) is 2.62. The van der Waals surface area contributed by atoms with E-state index < -0.39 is 0 Å².